The zero-order chi connectivity index (χ0) is 16.9. The summed E-state index contributed by atoms with van der Waals surface area (Å²) in [6.07, 6.45) is 3.40. The molecule has 0 saturated carbocycles. The first-order valence-corrected chi connectivity index (χ1v) is 7.38. The average molecular weight is 320 g/mol. The van der Waals surface area contributed by atoms with Crippen LogP contribution in [0.15, 0.2) is 65.7 Å². The molecule has 1 aromatic carbocycles. The second-order valence-corrected chi connectivity index (χ2v) is 5.19. The summed E-state index contributed by atoms with van der Waals surface area (Å²) in [4.78, 5) is 16.2. The molecule has 6 heteroatoms. The Morgan fingerprint density at radius 1 is 1.21 bits per heavy atom. The van der Waals surface area contributed by atoms with Crippen molar-refractivity contribution in [1.82, 2.24) is 14.8 Å². The SMILES string of the molecule is COC(=N)c1cccc(Cn2nc(-c3cccnc3)ccc2=O)c1. The molecule has 2 aromatic heterocycles. The molecule has 120 valence electrons. The highest BCUT2D eigenvalue weighted by Crippen LogP contribution is 2.13. The molecule has 0 radical (unpaired) electrons. The van der Waals surface area contributed by atoms with Crippen molar-refractivity contribution in [2.45, 2.75) is 6.54 Å². The largest absolute Gasteiger partial charge is 0.481 e. The third-order valence-electron chi connectivity index (χ3n) is 3.55. The predicted octanol–water partition coefficient (Wildman–Crippen LogP) is 2.33. The highest BCUT2D eigenvalue weighted by Gasteiger charge is 2.06. The minimum atomic E-state index is -0.185. The molecule has 3 aromatic rings. The van der Waals surface area contributed by atoms with Crippen LogP contribution >= 0.6 is 0 Å². The van der Waals surface area contributed by atoms with E-state index in [1.54, 1.807) is 24.5 Å². The molecule has 1 N–H and O–H groups in total. The number of pyridine rings is 1. The van der Waals surface area contributed by atoms with Gasteiger partial charge in [0.05, 0.1) is 19.3 Å². The summed E-state index contributed by atoms with van der Waals surface area (Å²) >= 11 is 0. The van der Waals surface area contributed by atoms with Gasteiger partial charge in [0.2, 0.25) is 5.90 Å². The number of ether oxygens (including phenoxy) is 1. The van der Waals surface area contributed by atoms with Crippen molar-refractivity contribution in [2.75, 3.05) is 7.11 Å². The van der Waals surface area contributed by atoms with Crippen LogP contribution in [0.3, 0.4) is 0 Å². The van der Waals surface area contributed by atoms with Gasteiger partial charge in [0.1, 0.15) is 0 Å². The molecule has 0 bridgehead atoms. The van der Waals surface area contributed by atoms with E-state index in [1.165, 1.54) is 17.9 Å². The van der Waals surface area contributed by atoms with Gasteiger partial charge >= 0.3 is 0 Å². The van der Waals surface area contributed by atoms with Gasteiger partial charge in [0, 0.05) is 29.6 Å². The lowest BCUT2D eigenvalue weighted by atomic mass is 10.1. The maximum Gasteiger partial charge on any atom is 0.267 e. The molecule has 6 nitrogen and oxygen atoms in total. The summed E-state index contributed by atoms with van der Waals surface area (Å²) in [6.45, 7) is 0.317. The zero-order valence-corrected chi connectivity index (χ0v) is 13.1. The van der Waals surface area contributed by atoms with E-state index in [2.05, 4.69) is 10.1 Å². The number of hydrogen-bond acceptors (Lipinski definition) is 5. The molecule has 0 aliphatic heterocycles. The maximum atomic E-state index is 12.1. The molecule has 24 heavy (non-hydrogen) atoms. The summed E-state index contributed by atoms with van der Waals surface area (Å²) in [6, 6.07) is 14.2. The molecule has 0 saturated heterocycles. The van der Waals surface area contributed by atoms with Crippen molar-refractivity contribution in [3.63, 3.8) is 0 Å². The highest BCUT2D eigenvalue weighted by atomic mass is 16.5. The van der Waals surface area contributed by atoms with Gasteiger partial charge in [0.25, 0.3) is 5.56 Å². The van der Waals surface area contributed by atoms with Gasteiger partial charge in [-0.15, -0.1) is 0 Å². The summed E-state index contributed by atoms with van der Waals surface area (Å²) in [5.74, 6) is 0.0845. The van der Waals surface area contributed by atoms with Gasteiger partial charge in [0.15, 0.2) is 0 Å². The Hall–Kier alpha value is -3.28. The van der Waals surface area contributed by atoms with Crippen LogP contribution in [0.1, 0.15) is 11.1 Å². The van der Waals surface area contributed by atoms with Crippen LogP contribution in [0.4, 0.5) is 0 Å². The molecule has 0 spiro atoms. The van der Waals surface area contributed by atoms with Gasteiger partial charge in [-0.2, -0.15) is 5.10 Å². The molecule has 2 heterocycles. The van der Waals surface area contributed by atoms with E-state index in [0.29, 0.717) is 17.8 Å². The minimum absolute atomic E-state index is 0.0845. The third kappa shape index (κ3) is 3.38. The Bertz CT molecular complexity index is 920. The molecule has 0 amide bonds. The van der Waals surface area contributed by atoms with Crippen LogP contribution in [0.25, 0.3) is 11.3 Å². The number of nitrogens with one attached hydrogen (secondary N) is 1. The number of rotatable bonds is 4. The number of hydrogen-bond donors (Lipinski definition) is 1. The van der Waals surface area contributed by atoms with E-state index in [-0.39, 0.29) is 11.5 Å². The fourth-order valence-electron chi connectivity index (χ4n) is 2.33. The highest BCUT2D eigenvalue weighted by molar-refractivity contribution is 5.91. The molecular weight excluding hydrogens is 304 g/mol. The molecule has 0 fully saturated rings. The lowest BCUT2D eigenvalue weighted by Gasteiger charge is -2.09. The van der Waals surface area contributed by atoms with Crippen molar-refractivity contribution >= 4 is 5.90 Å². The number of aromatic nitrogens is 3. The van der Waals surface area contributed by atoms with Gasteiger partial charge in [-0.05, 0) is 35.9 Å². The second-order valence-electron chi connectivity index (χ2n) is 5.19. The molecule has 3 rings (SSSR count). The lowest BCUT2D eigenvalue weighted by Crippen LogP contribution is -2.23. The van der Waals surface area contributed by atoms with Gasteiger partial charge in [-0.3, -0.25) is 15.2 Å². The number of nitrogens with zero attached hydrogens (tertiary/aromatic N) is 3. The van der Waals surface area contributed by atoms with Gasteiger partial charge in [-0.1, -0.05) is 12.1 Å². The molecular formula is C18H16N4O2. The Morgan fingerprint density at radius 3 is 2.83 bits per heavy atom. The van der Waals surface area contributed by atoms with E-state index in [4.69, 9.17) is 10.1 Å². The van der Waals surface area contributed by atoms with Crippen molar-refractivity contribution in [3.8, 4) is 11.3 Å². The zero-order valence-electron chi connectivity index (χ0n) is 13.1. The smallest absolute Gasteiger partial charge is 0.267 e. The van der Waals surface area contributed by atoms with Crippen molar-refractivity contribution in [3.05, 3.63) is 82.4 Å². The van der Waals surface area contributed by atoms with Crippen molar-refractivity contribution in [1.29, 1.82) is 5.41 Å². The molecule has 0 aliphatic rings. The molecule has 0 atom stereocenters. The fourth-order valence-corrected chi connectivity index (χ4v) is 2.33. The standard InChI is InChI=1S/C18H16N4O2/c1-24-18(19)14-5-2-4-13(10-14)12-22-17(23)8-7-16(21-22)15-6-3-9-20-11-15/h2-11,19H,12H2,1H3. The predicted molar refractivity (Wildman–Crippen MR) is 91.1 cm³/mol. The third-order valence-corrected chi connectivity index (χ3v) is 3.55. The first kappa shape index (κ1) is 15.6. The molecule has 0 aliphatic carbocycles. The quantitative estimate of drug-likeness (QED) is 0.591. The first-order chi connectivity index (χ1) is 11.7. The Balaban J connectivity index is 1.93. The van der Waals surface area contributed by atoms with E-state index in [9.17, 15) is 4.79 Å². The Morgan fingerprint density at radius 2 is 2.08 bits per heavy atom. The van der Waals surface area contributed by atoms with E-state index >= 15 is 0 Å². The topological polar surface area (TPSA) is 80.9 Å². The number of benzene rings is 1. The normalized spacial score (nSPS) is 10.4. The summed E-state index contributed by atoms with van der Waals surface area (Å²) in [5, 5.41) is 12.1. The summed E-state index contributed by atoms with van der Waals surface area (Å²) in [7, 11) is 1.46. The monoisotopic (exact) mass is 320 g/mol. The van der Waals surface area contributed by atoms with E-state index < -0.39 is 0 Å². The molecule has 0 unspecified atom stereocenters. The maximum absolute atomic E-state index is 12.1. The van der Waals surface area contributed by atoms with Crippen LogP contribution in [-0.4, -0.2) is 27.8 Å². The van der Waals surface area contributed by atoms with Crippen LogP contribution in [0.5, 0.6) is 0 Å². The number of methoxy groups -OCH3 is 1. The van der Waals surface area contributed by atoms with E-state index in [1.807, 2.05) is 30.3 Å². The Labute approximate surface area is 138 Å². The lowest BCUT2D eigenvalue weighted by molar-refractivity contribution is 0.401. The summed E-state index contributed by atoms with van der Waals surface area (Å²) < 4.78 is 6.33. The van der Waals surface area contributed by atoms with Gasteiger partial charge in [-0.25, -0.2) is 4.68 Å². The minimum Gasteiger partial charge on any atom is -0.481 e. The fraction of sp³-hybridized carbons (Fsp3) is 0.111. The van der Waals surface area contributed by atoms with Gasteiger partial charge < -0.3 is 4.74 Å². The second kappa shape index (κ2) is 6.87. The first-order valence-electron chi connectivity index (χ1n) is 7.38. The van der Waals surface area contributed by atoms with Crippen LogP contribution in [0, 0.1) is 5.41 Å². The van der Waals surface area contributed by atoms with Crippen LogP contribution < -0.4 is 5.56 Å². The average Bonchev–Trinajstić information content (AvgIpc) is 2.64. The van der Waals surface area contributed by atoms with Crippen molar-refractivity contribution < 1.29 is 4.74 Å². The Kier molecular flexibility index (Phi) is 4.47. The van der Waals surface area contributed by atoms with E-state index in [0.717, 1.165) is 11.1 Å². The van der Waals surface area contributed by atoms with Crippen LogP contribution in [0.2, 0.25) is 0 Å². The van der Waals surface area contributed by atoms with Crippen LogP contribution in [-0.2, 0) is 11.3 Å². The van der Waals surface area contributed by atoms with Crippen molar-refractivity contribution in [2.24, 2.45) is 0 Å². The summed E-state index contributed by atoms with van der Waals surface area (Å²) in [5.41, 5.74) is 2.87.